The summed E-state index contributed by atoms with van der Waals surface area (Å²) in [6.45, 7) is 1.90. The van der Waals surface area contributed by atoms with E-state index in [4.69, 9.17) is 9.47 Å². The zero-order valence-corrected chi connectivity index (χ0v) is 12.5. The molecule has 2 fully saturated rings. The van der Waals surface area contributed by atoms with E-state index in [1.54, 1.807) is 12.1 Å². The fourth-order valence-electron chi connectivity index (χ4n) is 3.45. The van der Waals surface area contributed by atoms with Crippen LogP contribution in [0.2, 0.25) is 0 Å². The molecule has 0 spiro atoms. The van der Waals surface area contributed by atoms with Gasteiger partial charge in [0.1, 0.15) is 5.75 Å². The number of aliphatic carboxylic acids is 1. The highest BCUT2D eigenvalue weighted by atomic mass is 16.5. The molecule has 1 aromatic rings. The van der Waals surface area contributed by atoms with Crippen LogP contribution in [0.5, 0.6) is 5.75 Å². The number of amides is 1. The summed E-state index contributed by atoms with van der Waals surface area (Å²) in [5.74, 6) is -2.63. The smallest absolute Gasteiger partial charge is 0.230 e. The molecule has 4 atom stereocenters. The molecule has 2 bridgehead atoms. The zero-order valence-electron chi connectivity index (χ0n) is 12.5. The SMILES string of the molecule is COc1ccc(C)cc1NC(=O)[C@@H]1[C@@H](C(=O)[O-])[C@@H]2CC[C@H]1O2. The van der Waals surface area contributed by atoms with Crippen LogP contribution >= 0.6 is 0 Å². The van der Waals surface area contributed by atoms with E-state index in [0.29, 0.717) is 24.3 Å². The molecule has 0 unspecified atom stereocenters. The molecule has 6 nitrogen and oxygen atoms in total. The molecule has 6 heteroatoms. The molecule has 1 amide bonds. The van der Waals surface area contributed by atoms with Gasteiger partial charge in [0, 0.05) is 11.9 Å². The molecule has 0 saturated carbocycles. The minimum absolute atomic E-state index is 0.344. The fraction of sp³-hybridized carbons (Fsp3) is 0.500. The van der Waals surface area contributed by atoms with E-state index in [9.17, 15) is 14.7 Å². The van der Waals surface area contributed by atoms with Gasteiger partial charge in [-0.2, -0.15) is 0 Å². The maximum atomic E-state index is 12.6. The average Bonchev–Trinajstić information content (AvgIpc) is 3.08. The van der Waals surface area contributed by atoms with Crippen molar-refractivity contribution in [2.45, 2.75) is 32.0 Å². The molecule has 0 aliphatic carbocycles. The Bertz CT molecular complexity index is 615. The lowest BCUT2D eigenvalue weighted by atomic mass is 9.78. The van der Waals surface area contributed by atoms with E-state index in [1.807, 2.05) is 13.0 Å². The van der Waals surface area contributed by atoms with Gasteiger partial charge < -0.3 is 24.7 Å². The van der Waals surface area contributed by atoms with Gasteiger partial charge in [0.2, 0.25) is 5.91 Å². The molecule has 1 N–H and O–H groups in total. The van der Waals surface area contributed by atoms with Gasteiger partial charge in [-0.25, -0.2) is 0 Å². The Labute approximate surface area is 128 Å². The zero-order chi connectivity index (χ0) is 15.9. The Morgan fingerprint density at radius 1 is 1.27 bits per heavy atom. The van der Waals surface area contributed by atoms with Gasteiger partial charge in [0.25, 0.3) is 0 Å². The predicted molar refractivity (Wildman–Crippen MR) is 76.2 cm³/mol. The van der Waals surface area contributed by atoms with E-state index in [0.717, 1.165) is 5.56 Å². The van der Waals surface area contributed by atoms with E-state index >= 15 is 0 Å². The first-order valence-corrected chi connectivity index (χ1v) is 7.33. The number of nitrogens with one attached hydrogen (secondary N) is 1. The van der Waals surface area contributed by atoms with Crippen molar-refractivity contribution in [3.8, 4) is 5.75 Å². The van der Waals surface area contributed by atoms with Crippen molar-refractivity contribution in [3.05, 3.63) is 23.8 Å². The first kappa shape index (κ1) is 14.8. The number of ether oxygens (including phenoxy) is 2. The van der Waals surface area contributed by atoms with Gasteiger partial charge in [0.15, 0.2) is 0 Å². The fourth-order valence-corrected chi connectivity index (χ4v) is 3.45. The minimum atomic E-state index is -1.22. The van der Waals surface area contributed by atoms with Crippen LogP contribution in [0.3, 0.4) is 0 Å². The van der Waals surface area contributed by atoms with Crippen LogP contribution in [0, 0.1) is 18.8 Å². The number of methoxy groups -OCH3 is 1. The molecule has 0 aromatic heterocycles. The number of carboxylic acid groups (broad SMARTS) is 1. The Morgan fingerprint density at radius 3 is 2.59 bits per heavy atom. The lowest BCUT2D eigenvalue weighted by Gasteiger charge is -2.27. The predicted octanol–water partition coefficient (Wildman–Crippen LogP) is 0.486. The number of hydrogen-bond donors (Lipinski definition) is 1. The third kappa shape index (κ3) is 2.43. The lowest BCUT2D eigenvalue weighted by molar-refractivity contribution is -0.313. The molecule has 0 radical (unpaired) electrons. The monoisotopic (exact) mass is 304 g/mol. The van der Waals surface area contributed by atoms with Crippen molar-refractivity contribution in [1.29, 1.82) is 0 Å². The van der Waals surface area contributed by atoms with Crippen LogP contribution in [0.25, 0.3) is 0 Å². The highest BCUT2D eigenvalue weighted by Gasteiger charge is 2.52. The maximum absolute atomic E-state index is 12.6. The number of aryl methyl sites for hydroxylation is 1. The normalized spacial score (nSPS) is 29.4. The van der Waals surface area contributed by atoms with Crippen molar-refractivity contribution in [2.75, 3.05) is 12.4 Å². The Kier molecular flexibility index (Phi) is 3.78. The van der Waals surface area contributed by atoms with E-state index < -0.39 is 23.9 Å². The number of hydrogen-bond acceptors (Lipinski definition) is 5. The highest BCUT2D eigenvalue weighted by Crippen LogP contribution is 2.44. The van der Waals surface area contributed by atoms with Crippen molar-refractivity contribution in [1.82, 2.24) is 0 Å². The summed E-state index contributed by atoms with van der Waals surface area (Å²) >= 11 is 0. The number of anilines is 1. The molecule has 2 heterocycles. The van der Waals surface area contributed by atoms with Crippen LogP contribution in [-0.2, 0) is 14.3 Å². The van der Waals surface area contributed by atoms with Crippen LogP contribution in [0.1, 0.15) is 18.4 Å². The molecule has 1 aromatic carbocycles. The molecule has 2 saturated heterocycles. The van der Waals surface area contributed by atoms with Gasteiger partial charge in [-0.1, -0.05) is 6.07 Å². The second-order valence-corrected chi connectivity index (χ2v) is 5.85. The van der Waals surface area contributed by atoms with E-state index in [-0.39, 0.29) is 12.0 Å². The quantitative estimate of drug-likeness (QED) is 0.874. The largest absolute Gasteiger partial charge is 0.550 e. The standard InChI is InChI=1S/C16H19NO5/c1-8-3-4-10(21-2)9(7-8)17-15(18)13-11-5-6-12(22-11)14(13)16(19)20/h3-4,7,11-14H,5-6H2,1-2H3,(H,17,18)(H,19,20)/p-1/t11-,12+,13+,14+/m1/s1. The molecular formula is C16H18NO5-. The minimum Gasteiger partial charge on any atom is -0.550 e. The number of benzene rings is 1. The average molecular weight is 304 g/mol. The maximum Gasteiger partial charge on any atom is 0.230 e. The van der Waals surface area contributed by atoms with Gasteiger partial charge in [-0.3, -0.25) is 4.79 Å². The first-order valence-electron chi connectivity index (χ1n) is 7.33. The molecular weight excluding hydrogens is 286 g/mol. The van der Waals surface area contributed by atoms with Crippen LogP contribution < -0.4 is 15.2 Å². The topological polar surface area (TPSA) is 87.7 Å². The number of fused-ring (bicyclic) bond motifs is 2. The van der Waals surface area contributed by atoms with Gasteiger partial charge in [-0.15, -0.1) is 0 Å². The van der Waals surface area contributed by atoms with Gasteiger partial charge >= 0.3 is 0 Å². The van der Waals surface area contributed by atoms with Crippen LogP contribution in [-0.4, -0.2) is 31.2 Å². The van der Waals surface area contributed by atoms with Gasteiger partial charge in [0.05, 0.1) is 30.9 Å². The van der Waals surface area contributed by atoms with Crippen molar-refractivity contribution < 1.29 is 24.2 Å². The summed E-state index contributed by atoms with van der Waals surface area (Å²) < 4.78 is 10.8. The van der Waals surface area contributed by atoms with E-state index in [1.165, 1.54) is 7.11 Å². The van der Waals surface area contributed by atoms with Crippen LogP contribution in [0.15, 0.2) is 18.2 Å². The number of rotatable bonds is 4. The Hall–Kier alpha value is -2.08. The molecule has 3 rings (SSSR count). The third-order valence-corrected chi connectivity index (χ3v) is 4.46. The Morgan fingerprint density at radius 2 is 1.95 bits per heavy atom. The van der Waals surface area contributed by atoms with Crippen molar-refractivity contribution in [3.63, 3.8) is 0 Å². The first-order chi connectivity index (χ1) is 10.5. The molecule has 2 aliphatic heterocycles. The highest BCUT2D eigenvalue weighted by molar-refractivity contribution is 5.97. The summed E-state index contributed by atoms with van der Waals surface area (Å²) in [5, 5.41) is 14.1. The van der Waals surface area contributed by atoms with Crippen molar-refractivity contribution in [2.24, 2.45) is 11.8 Å². The number of carbonyl (C=O) groups is 2. The third-order valence-electron chi connectivity index (χ3n) is 4.46. The second-order valence-electron chi connectivity index (χ2n) is 5.85. The molecule has 22 heavy (non-hydrogen) atoms. The Balaban J connectivity index is 1.82. The van der Waals surface area contributed by atoms with Gasteiger partial charge in [-0.05, 0) is 37.5 Å². The lowest BCUT2D eigenvalue weighted by Crippen LogP contribution is -2.46. The summed E-state index contributed by atoms with van der Waals surface area (Å²) in [5.41, 5.74) is 1.50. The summed E-state index contributed by atoms with van der Waals surface area (Å²) in [4.78, 5) is 23.9. The second kappa shape index (κ2) is 5.61. The summed E-state index contributed by atoms with van der Waals surface area (Å²) in [7, 11) is 1.52. The molecule has 118 valence electrons. The number of carboxylic acids is 1. The van der Waals surface area contributed by atoms with Crippen molar-refractivity contribution >= 4 is 17.6 Å². The number of carbonyl (C=O) groups excluding carboxylic acids is 2. The van der Waals surface area contributed by atoms with Crippen LogP contribution in [0.4, 0.5) is 5.69 Å². The molecule has 2 aliphatic rings. The summed E-state index contributed by atoms with van der Waals surface area (Å²) in [6.07, 6.45) is 0.618. The summed E-state index contributed by atoms with van der Waals surface area (Å²) in [6, 6.07) is 5.43. The van der Waals surface area contributed by atoms with E-state index in [2.05, 4.69) is 5.32 Å².